The Morgan fingerprint density at radius 3 is 2.55 bits per heavy atom. The van der Waals surface area contributed by atoms with Crippen LogP contribution in [0.1, 0.15) is 44.9 Å². The van der Waals surface area contributed by atoms with Gasteiger partial charge in [0.15, 0.2) is 0 Å². The number of rotatable bonds is 1. The molecule has 1 aromatic rings. The zero-order valence-electron chi connectivity index (χ0n) is 12.9. The molecule has 0 radical (unpaired) electrons. The zero-order chi connectivity index (χ0) is 14.9. The van der Waals surface area contributed by atoms with E-state index in [0.29, 0.717) is 0 Å². The molecule has 0 aromatic heterocycles. The summed E-state index contributed by atoms with van der Waals surface area (Å²) in [6.07, 6.45) is 3.99. The third kappa shape index (κ3) is 3.03. The molecule has 0 bridgehead atoms. The Hall–Kier alpha value is -1.77. The van der Waals surface area contributed by atoms with E-state index in [0.717, 1.165) is 0 Å². The van der Waals surface area contributed by atoms with Gasteiger partial charge in [0, 0.05) is 7.05 Å². The minimum absolute atomic E-state index is 0.0195. The number of benzene rings is 1. The summed E-state index contributed by atoms with van der Waals surface area (Å²) in [6, 6.07) is 8.21. The summed E-state index contributed by atoms with van der Waals surface area (Å²) in [6.45, 7) is 7.78. The standard InChI is InChI=1S/C17H23NO2/c1-12-10-11-13-8-6-7-9-14(13)15(12)18(5)16(19)20-17(2,3)4/h6-12,15H,1-5H3/t12-,15-/m0/s1. The van der Waals surface area contributed by atoms with Gasteiger partial charge in [0.1, 0.15) is 5.60 Å². The molecule has 1 aliphatic rings. The van der Waals surface area contributed by atoms with Gasteiger partial charge in [-0.15, -0.1) is 0 Å². The van der Waals surface area contributed by atoms with Crippen molar-refractivity contribution in [2.24, 2.45) is 5.92 Å². The molecule has 1 amide bonds. The molecule has 108 valence electrons. The highest BCUT2D eigenvalue weighted by Crippen LogP contribution is 2.36. The Morgan fingerprint density at radius 2 is 1.90 bits per heavy atom. The number of carbonyl (C=O) groups excluding carboxylic acids is 1. The van der Waals surface area contributed by atoms with Crippen LogP contribution in [0.25, 0.3) is 6.08 Å². The van der Waals surface area contributed by atoms with Crippen LogP contribution in [0.15, 0.2) is 30.3 Å². The molecule has 2 atom stereocenters. The Labute approximate surface area is 121 Å². The van der Waals surface area contributed by atoms with E-state index in [4.69, 9.17) is 4.74 Å². The highest BCUT2D eigenvalue weighted by atomic mass is 16.6. The average Bonchev–Trinajstić information content (AvgIpc) is 2.36. The van der Waals surface area contributed by atoms with Crippen LogP contribution >= 0.6 is 0 Å². The summed E-state index contributed by atoms with van der Waals surface area (Å²) in [5.41, 5.74) is 1.88. The molecule has 0 unspecified atom stereocenters. The van der Waals surface area contributed by atoms with Crippen LogP contribution < -0.4 is 0 Å². The number of hydrogen-bond acceptors (Lipinski definition) is 2. The molecule has 1 aliphatic carbocycles. The number of amides is 1. The normalized spacial score (nSPS) is 21.2. The molecule has 0 spiro atoms. The first-order valence-corrected chi connectivity index (χ1v) is 7.02. The summed E-state index contributed by atoms with van der Waals surface area (Å²) in [5, 5.41) is 0. The van der Waals surface area contributed by atoms with Gasteiger partial charge in [-0.1, -0.05) is 43.3 Å². The van der Waals surface area contributed by atoms with Gasteiger partial charge in [0.05, 0.1) is 6.04 Å². The predicted octanol–water partition coefficient (Wildman–Crippen LogP) is 4.26. The predicted molar refractivity (Wildman–Crippen MR) is 81.4 cm³/mol. The Kier molecular flexibility index (Phi) is 3.89. The van der Waals surface area contributed by atoms with Crippen LogP contribution in [-0.2, 0) is 4.74 Å². The summed E-state index contributed by atoms with van der Waals surface area (Å²) in [7, 11) is 1.81. The lowest BCUT2D eigenvalue weighted by Crippen LogP contribution is -2.39. The lowest BCUT2D eigenvalue weighted by molar-refractivity contribution is 0.0186. The van der Waals surface area contributed by atoms with Crippen LogP contribution in [-0.4, -0.2) is 23.6 Å². The zero-order valence-corrected chi connectivity index (χ0v) is 12.9. The Morgan fingerprint density at radius 1 is 1.25 bits per heavy atom. The molecule has 0 heterocycles. The fraction of sp³-hybridized carbons (Fsp3) is 0.471. The smallest absolute Gasteiger partial charge is 0.410 e. The Balaban J connectivity index is 2.27. The van der Waals surface area contributed by atoms with Crippen LogP contribution in [0, 0.1) is 5.92 Å². The summed E-state index contributed by atoms with van der Waals surface area (Å²) >= 11 is 0. The van der Waals surface area contributed by atoms with Crippen molar-refractivity contribution in [3.8, 4) is 0 Å². The summed E-state index contributed by atoms with van der Waals surface area (Å²) in [5.74, 6) is 0.266. The van der Waals surface area contributed by atoms with E-state index in [-0.39, 0.29) is 18.1 Å². The van der Waals surface area contributed by atoms with Crippen molar-refractivity contribution in [3.05, 3.63) is 41.5 Å². The summed E-state index contributed by atoms with van der Waals surface area (Å²) in [4.78, 5) is 14.0. The first-order chi connectivity index (χ1) is 9.29. The highest BCUT2D eigenvalue weighted by molar-refractivity contribution is 5.70. The van der Waals surface area contributed by atoms with Crippen molar-refractivity contribution >= 4 is 12.2 Å². The molecular formula is C17H23NO2. The van der Waals surface area contributed by atoms with E-state index in [1.807, 2.05) is 40.0 Å². The maximum atomic E-state index is 12.3. The van der Waals surface area contributed by atoms with Gasteiger partial charge < -0.3 is 9.64 Å². The summed E-state index contributed by atoms with van der Waals surface area (Å²) < 4.78 is 5.48. The van der Waals surface area contributed by atoms with E-state index in [2.05, 4.69) is 31.2 Å². The van der Waals surface area contributed by atoms with Gasteiger partial charge in [-0.25, -0.2) is 4.79 Å². The number of carbonyl (C=O) groups is 1. The van der Waals surface area contributed by atoms with Crippen molar-refractivity contribution < 1.29 is 9.53 Å². The van der Waals surface area contributed by atoms with Gasteiger partial charge in [-0.3, -0.25) is 0 Å². The van der Waals surface area contributed by atoms with Crippen LogP contribution in [0.2, 0.25) is 0 Å². The van der Waals surface area contributed by atoms with E-state index < -0.39 is 5.60 Å². The largest absolute Gasteiger partial charge is 0.444 e. The molecule has 0 saturated carbocycles. The molecule has 0 aliphatic heterocycles. The van der Waals surface area contributed by atoms with Crippen LogP contribution in [0.3, 0.4) is 0 Å². The van der Waals surface area contributed by atoms with E-state index in [1.165, 1.54) is 11.1 Å². The topological polar surface area (TPSA) is 29.5 Å². The van der Waals surface area contributed by atoms with Gasteiger partial charge >= 0.3 is 6.09 Å². The molecule has 2 rings (SSSR count). The first-order valence-electron chi connectivity index (χ1n) is 7.02. The van der Waals surface area contributed by atoms with Crippen LogP contribution in [0.5, 0.6) is 0 Å². The fourth-order valence-electron chi connectivity index (χ4n) is 2.58. The number of nitrogens with zero attached hydrogens (tertiary/aromatic N) is 1. The van der Waals surface area contributed by atoms with Crippen LogP contribution in [0.4, 0.5) is 4.79 Å². The quantitative estimate of drug-likeness (QED) is 0.765. The molecule has 3 heteroatoms. The van der Waals surface area contributed by atoms with E-state index >= 15 is 0 Å². The molecule has 0 fully saturated rings. The molecule has 0 N–H and O–H groups in total. The second kappa shape index (κ2) is 5.31. The van der Waals surface area contributed by atoms with Crippen molar-refractivity contribution in [2.75, 3.05) is 7.05 Å². The Bertz CT molecular complexity index is 528. The number of ether oxygens (including phenoxy) is 1. The van der Waals surface area contributed by atoms with Gasteiger partial charge in [0.2, 0.25) is 0 Å². The lowest BCUT2D eigenvalue weighted by atomic mass is 9.85. The van der Waals surface area contributed by atoms with Gasteiger partial charge in [-0.2, -0.15) is 0 Å². The van der Waals surface area contributed by atoms with Crippen molar-refractivity contribution in [1.82, 2.24) is 4.90 Å². The second-order valence-corrected chi connectivity index (χ2v) is 6.38. The molecule has 3 nitrogen and oxygen atoms in total. The molecule has 20 heavy (non-hydrogen) atoms. The lowest BCUT2D eigenvalue weighted by Gasteiger charge is -2.36. The second-order valence-electron chi connectivity index (χ2n) is 6.38. The molecule has 1 aromatic carbocycles. The molecule has 0 saturated heterocycles. The minimum Gasteiger partial charge on any atom is -0.444 e. The average molecular weight is 273 g/mol. The minimum atomic E-state index is -0.474. The number of fused-ring (bicyclic) bond motifs is 1. The maximum absolute atomic E-state index is 12.3. The van der Waals surface area contributed by atoms with Crippen molar-refractivity contribution in [2.45, 2.75) is 39.3 Å². The monoisotopic (exact) mass is 273 g/mol. The van der Waals surface area contributed by atoms with Gasteiger partial charge in [-0.05, 0) is 37.8 Å². The SMILES string of the molecule is C[C@H]1C=Cc2ccccc2[C@H]1N(C)C(=O)OC(C)(C)C. The third-order valence-corrected chi connectivity index (χ3v) is 3.49. The van der Waals surface area contributed by atoms with Gasteiger partial charge in [0.25, 0.3) is 0 Å². The highest BCUT2D eigenvalue weighted by Gasteiger charge is 2.31. The number of hydrogen-bond donors (Lipinski definition) is 0. The first kappa shape index (κ1) is 14.6. The molecular weight excluding hydrogens is 250 g/mol. The fourth-order valence-corrected chi connectivity index (χ4v) is 2.58. The van der Waals surface area contributed by atoms with E-state index in [1.54, 1.807) is 4.90 Å². The van der Waals surface area contributed by atoms with Crippen molar-refractivity contribution in [1.29, 1.82) is 0 Å². The third-order valence-electron chi connectivity index (χ3n) is 3.49. The van der Waals surface area contributed by atoms with Crippen molar-refractivity contribution in [3.63, 3.8) is 0 Å². The van der Waals surface area contributed by atoms with E-state index in [9.17, 15) is 4.79 Å². The maximum Gasteiger partial charge on any atom is 0.410 e.